The third-order valence-electron chi connectivity index (χ3n) is 2.95. The van der Waals surface area contributed by atoms with Gasteiger partial charge in [0.05, 0.1) is 29.6 Å². The second kappa shape index (κ2) is 5.63. The summed E-state index contributed by atoms with van der Waals surface area (Å²) in [5.41, 5.74) is 5.50. The third kappa shape index (κ3) is 3.26. The summed E-state index contributed by atoms with van der Waals surface area (Å²) in [5, 5.41) is 0. The third-order valence-corrected chi connectivity index (χ3v) is 2.95. The van der Waals surface area contributed by atoms with Gasteiger partial charge >= 0.3 is 12.1 Å². The Balaban J connectivity index is 2.29. The summed E-state index contributed by atoms with van der Waals surface area (Å²) in [6, 6.07) is 3.20. The summed E-state index contributed by atoms with van der Waals surface area (Å²) < 4.78 is 44.2. The topological polar surface area (TPSA) is 70.1 Å². The molecule has 0 aliphatic rings. The van der Waals surface area contributed by atoms with Crippen LogP contribution in [0.25, 0.3) is 11.0 Å². The van der Waals surface area contributed by atoms with Crippen LogP contribution < -0.4 is 5.73 Å². The number of imidazole rings is 1. The number of fused-ring (bicyclic) bond motifs is 1. The molecular weight excluding hydrogens is 287 g/mol. The van der Waals surface area contributed by atoms with Gasteiger partial charge in [0, 0.05) is 6.54 Å². The van der Waals surface area contributed by atoms with E-state index in [4.69, 9.17) is 10.5 Å². The number of hydrogen-bond donors (Lipinski definition) is 1. The molecule has 5 nitrogen and oxygen atoms in total. The summed E-state index contributed by atoms with van der Waals surface area (Å²) in [4.78, 5) is 15.2. The number of halogens is 3. The van der Waals surface area contributed by atoms with Gasteiger partial charge in [0.15, 0.2) is 0 Å². The Kier molecular flexibility index (Phi) is 4.06. The van der Waals surface area contributed by atoms with E-state index in [1.165, 1.54) is 10.6 Å². The molecule has 0 saturated carbocycles. The highest BCUT2D eigenvalue weighted by Crippen LogP contribution is 2.31. The zero-order valence-electron chi connectivity index (χ0n) is 11.3. The van der Waals surface area contributed by atoms with Gasteiger partial charge in [-0.25, -0.2) is 4.98 Å². The molecule has 0 aliphatic heterocycles. The molecule has 0 radical (unpaired) electrons. The number of aryl methyl sites for hydroxylation is 1. The van der Waals surface area contributed by atoms with Gasteiger partial charge in [0.2, 0.25) is 5.95 Å². The van der Waals surface area contributed by atoms with Gasteiger partial charge in [-0.3, -0.25) is 4.79 Å². The maximum Gasteiger partial charge on any atom is 0.416 e. The Morgan fingerprint density at radius 3 is 2.76 bits per heavy atom. The summed E-state index contributed by atoms with van der Waals surface area (Å²) in [6.07, 6.45) is -4.36. The number of ether oxygens (including phenoxy) is 1. The fraction of sp³-hybridized carbons (Fsp3) is 0.385. The lowest BCUT2D eigenvalue weighted by atomic mass is 10.2. The first-order chi connectivity index (χ1) is 9.82. The molecule has 0 atom stereocenters. The summed E-state index contributed by atoms with van der Waals surface area (Å²) in [5.74, 6) is -0.334. The quantitative estimate of drug-likeness (QED) is 0.881. The maximum atomic E-state index is 12.6. The molecule has 1 aromatic carbocycles. The number of nitrogens with two attached hydrogens (primary N) is 1. The number of alkyl halides is 3. The van der Waals surface area contributed by atoms with E-state index in [9.17, 15) is 18.0 Å². The predicted molar refractivity (Wildman–Crippen MR) is 70.4 cm³/mol. The van der Waals surface area contributed by atoms with Crippen molar-refractivity contribution in [2.75, 3.05) is 12.3 Å². The van der Waals surface area contributed by atoms with E-state index >= 15 is 0 Å². The summed E-state index contributed by atoms with van der Waals surface area (Å²) >= 11 is 0. The van der Waals surface area contributed by atoms with Gasteiger partial charge in [0.25, 0.3) is 0 Å². The average molecular weight is 301 g/mol. The molecule has 0 fully saturated rings. The largest absolute Gasteiger partial charge is 0.466 e. The van der Waals surface area contributed by atoms with Crippen LogP contribution in [0.4, 0.5) is 19.1 Å². The van der Waals surface area contributed by atoms with E-state index in [0.717, 1.165) is 12.1 Å². The van der Waals surface area contributed by atoms with Crippen molar-refractivity contribution in [1.29, 1.82) is 0 Å². The van der Waals surface area contributed by atoms with Crippen LogP contribution in [0.3, 0.4) is 0 Å². The van der Waals surface area contributed by atoms with Gasteiger partial charge in [-0.05, 0) is 25.1 Å². The Morgan fingerprint density at radius 1 is 1.43 bits per heavy atom. The van der Waals surface area contributed by atoms with Crippen LogP contribution in [0.15, 0.2) is 18.2 Å². The van der Waals surface area contributed by atoms with Crippen LogP contribution in [-0.4, -0.2) is 22.1 Å². The standard InChI is InChI=1S/C13H14F3N3O2/c1-2-21-11(20)5-6-19-10-4-3-8(13(14,15)16)7-9(10)18-12(19)17/h3-4,7H,2,5-6H2,1H3,(H2,17,18). The fourth-order valence-corrected chi connectivity index (χ4v) is 2.00. The number of benzene rings is 1. The fourth-order valence-electron chi connectivity index (χ4n) is 2.00. The molecular formula is C13H14F3N3O2. The molecule has 8 heteroatoms. The van der Waals surface area contributed by atoms with E-state index in [-0.39, 0.29) is 31.0 Å². The normalized spacial score (nSPS) is 11.8. The average Bonchev–Trinajstić information content (AvgIpc) is 2.70. The van der Waals surface area contributed by atoms with Crippen LogP contribution in [-0.2, 0) is 22.3 Å². The van der Waals surface area contributed by atoms with Gasteiger partial charge in [-0.2, -0.15) is 13.2 Å². The highest BCUT2D eigenvalue weighted by atomic mass is 19.4. The van der Waals surface area contributed by atoms with Crippen molar-refractivity contribution in [3.63, 3.8) is 0 Å². The molecule has 2 rings (SSSR count). The lowest BCUT2D eigenvalue weighted by Crippen LogP contribution is -2.10. The van der Waals surface area contributed by atoms with Crippen molar-refractivity contribution in [3.05, 3.63) is 23.8 Å². The molecule has 0 saturated heterocycles. The molecule has 0 aliphatic carbocycles. The number of nitrogen functional groups attached to an aromatic ring is 1. The zero-order chi connectivity index (χ0) is 15.6. The molecule has 1 heterocycles. The monoisotopic (exact) mass is 301 g/mol. The number of aromatic nitrogens is 2. The number of rotatable bonds is 4. The van der Waals surface area contributed by atoms with Crippen LogP contribution in [0.1, 0.15) is 18.9 Å². The Labute approximate surface area is 118 Å². The summed E-state index contributed by atoms with van der Waals surface area (Å²) in [7, 11) is 0. The van der Waals surface area contributed by atoms with Gasteiger partial charge in [-0.1, -0.05) is 0 Å². The molecule has 0 spiro atoms. The second-order valence-electron chi connectivity index (χ2n) is 4.38. The van der Waals surface area contributed by atoms with Crippen LogP contribution >= 0.6 is 0 Å². The van der Waals surface area contributed by atoms with Crippen LogP contribution in [0.5, 0.6) is 0 Å². The Morgan fingerprint density at radius 2 is 2.14 bits per heavy atom. The molecule has 0 bridgehead atoms. The number of anilines is 1. The first kappa shape index (κ1) is 15.1. The molecule has 0 amide bonds. The van der Waals surface area contributed by atoms with Crippen LogP contribution in [0.2, 0.25) is 0 Å². The van der Waals surface area contributed by atoms with Crippen molar-refractivity contribution in [2.45, 2.75) is 26.1 Å². The van der Waals surface area contributed by atoms with E-state index in [1.54, 1.807) is 6.92 Å². The number of esters is 1. The van der Waals surface area contributed by atoms with Gasteiger partial charge in [-0.15, -0.1) is 0 Å². The Bertz CT molecular complexity index is 664. The minimum atomic E-state index is -4.43. The van der Waals surface area contributed by atoms with Crippen molar-refractivity contribution in [2.24, 2.45) is 0 Å². The van der Waals surface area contributed by atoms with E-state index in [0.29, 0.717) is 5.52 Å². The zero-order valence-corrected chi connectivity index (χ0v) is 11.3. The van der Waals surface area contributed by atoms with E-state index < -0.39 is 17.7 Å². The highest BCUT2D eigenvalue weighted by Gasteiger charge is 2.31. The molecule has 2 N–H and O–H groups in total. The van der Waals surface area contributed by atoms with E-state index in [2.05, 4.69) is 4.98 Å². The Hall–Kier alpha value is -2.25. The lowest BCUT2D eigenvalue weighted by Gasteiger charge is -2.08. The van der Waals surface area contributed by atoms with Crippen molar-refractivity contribution < 1.29 is 22.7 Å². The van der Waals surface area contributed by atoms with Crippen molar-refractivity contribution in [1.82, 2.24) is 9.55 Å². The van der Waals surface area contributed by atoms with Gasteiger partial charge in [0.1, 0.15) is 0 Å². The lowest BCUT2D eigenvalue weighted by molar-refractivity contribution is -0.143. The number of carbonyl (C=O) groups excluding carboxylic acids is 1. The molecule has 114 valence electrons. The van der Waals surface area contributed by atoms with E-state index in [1.807, 2.05) is 0 Å². The van der Waals surface area contributed by atoms with Gasteiger partial charge < -0.3 is 15.0 Å². The predicted octanol–water partition coefficient (Wildman–Crippen LogP) is 2.59. The number of nitrogens with zero attached hydrogens (tertiary/aromatic N) is 2. The van der Waals surface area contributed by atoms with Crippen molar-refractivity contribution in [3.8, 4) is 0 Å². The van der Waals surface area contributed by atoms with Crippen LogP contribution in [0, 0.1) is 0 Å². The highest BCUT2D eigenvalue weighted by molar-refractivity contribution is 5.79. The number of hydrogen-bond acceptors (Lipinski definition) is 4. The molecule has 1 aromatic heterocycles. The number of carbonyl (C=O) groups is 1. The molecule has 2 aromatic rings. The molecule has 0 unspecified atom stereocenters. The SMILES string of the molecule is CCOC(=O)CCn1c(N)nc2cc(C(F)(F)F)ccc21. The summed E-state index contributed by atoms with van der Waals surface area (Å²) in [6.45, 7) is 2.16. The first-order valence-corrected chi connectivity index (χ1v) is 6.31. The van der Waals surface area contributed by atoms with Crippen molar-refractivity contribution >= 4 is 23.0 Å². The smallest absolute Gasteiger partial charge is 0.416 e. The maximum absolute atomic E-state index is 12.6. The second-order valence-corrected chi connectivity index (χ2v) is 4.38. The molecule has 21 heavy (non-hydrogen) atoms. The first-order valence-electron chi connectivity index (χ1n) is 6.31. The minimum absolute atomic E-state index is 0.0635. The minimum Gasteiger partial charge on any atom is -0.466 e.